The van der Waals surface area contributed by atoms with Crippen LogP contribution in [0.3, 0.4) is 0 Å². The van der Waals surface area contributed by atoms with Crippen LogP contribution in [0.4, 0.5) is 0 Å². The van der Waals surface area contributed by atoms with E-state index in [0.717, 1.165) is 12.8 Å². The normalized spacial score (nSPS) is 18.7. The highest BCUT2D eigenvalue weighted by Crippen LogP contribution is 2.26. The van der Waals surface area contributed by atoms with E-state index in [9.17, 15) is 4.79 Å². The molecule has 0 aromatic rings. The number of hydrogen-bond acceptors (Lipinski definition) is 3. The van der Waals surface area contributed by atoms with Crippen LogP contribution in [-0.2, 0) is 4.79 Å². The molecule has 4 nitrogen and oxygen atoms in total. The largest absolute Gasteiger partial charge is 0.395 e. The van der Waals surface area contributed by atoms with E-state index in [2.05, 4.69) is 4.90 Å². The Morgan fingerprint density at radius 2 is 2.07 bits per heavy atom. The van der Waals surface area contributed by atoms with Crippen LogP contribution in [0.5, 0.6) is 0 Å². The molecule has 1 aliphatic rings. The molecule has 15 heavy (non-hydrogen) atoms. The minimum absolute atomic E-state index is 0.113. The average Bonchev–Trinajstić information content (AvgIpc) is 2.12. The van der Waals surface area contributed by atoms with E-state index in [1.54, 1.807) is 19.0 Å². The van der Waals surface area contributed by atoms with Crippen LogP contribution in [0.2, 0.25) is 0 Å². The lowest BCUT2D eigenvalue weighted by Crippen LogP contribution is -2.52. The number of aliphatic hydroxyl groups is 1. The third-order valence-corrected chi connectivity index (χ3v) is 3.20. The third kappa shape index (κ3) is 2.92. The van der Waals surface area contributed by atoms with Gasteiger partial charge in [0.25, 0.3) is 0 Å². The summed E-state index contributed by atoms with van der Waals surface area (Å²) >= 11 is 0. The van der Waals surface area contributed by atoms with Crippen LogP contribution >= 0.6 is 0 Å². The second-order valence-corrected chi connectivity index (χ2v) is 4.45. The Bertz CT molecular complexity index is 215. The maximum atomic E-state index is 11.8. The van der Waals surface area contributed by atoms with Crippen molar-refractivity contribution in [1.29, 1.82) is 0 Å². The summed E-state index contributed by atoms with van der Waals surface area (Å²) in [6.07, 6.45) is 3.56. The van der Waals surface area contributed by atoms with Gasteiger partial charge in [0, 0.05) is 26.7 Å². The number of carbonyl (C=O) groups is 1. The summed E-state index contributed by atoms with van der Waals surface area (Å²) in [5, 5.41) is 9.01. The van der Waals surface area contributed by atoms with Crippen LogP contribution in [0.25, 0.3) is 0 Å². The van der Waals surface area contributed by atoms with Gasteiger partial charge in [-0.2, -0.15) is 0 Å². The van der Waals surface area contributed by atoms with Crippen molar-refractivity contribution < 1.29 is 9.90 Å². The van der Waals surface area contributed by atoms with Crippen LogP contribution in [0, 0.1) is 0 Å². The number of rotatable bonds is 5. The Kier molecular flexibility index (Phi) is 4.54. The monoisotopic (exact) mass is 214 g/mol. The van der Waals surface area contributed by atoms with Crippen molar-refractivity contribution in [3.8, 4) is 0 Å². The van der Waals surface area contributed by atoms with Crippen molar-refractivity contribution >= 4 is 5.91 Å². The summed E-state index contributed by atoms with van der Waals surface area (Å²) in [7, 11) is 3.55. The van der Waals surface area contributed by atoms with Crippen molar-refractivity contribution in [2.45, 2.75) is 38.3 Å². The summed E-state index contributed by atoms with van der Waals surface area (Å²) in [4.78, 5) is 15.6. The highest BCUT2D eigenvalue weighted by molar-refractivity contribution is 5.81. The third-order valence-electron chi connectivity index (χ3n) is 3.20. The minimum atomic E-state index is -0.113. The number of hydrogen-bond donors (Lipinski definition) is 1. The molecule has 0 bridgehead atoms. The molecule has 1 unspecified atom stereocenters. The molecule has 0 aromatic carbocycles. The van der Waals surface area contributed by atoms with E-state index in [4.69, 9.17) is 5.11 Å². The fraction of sp³-hybridized carbons (Fsp3) is 0.909. The molecule has 1 atom stereocenters. The first kappa shape index (κ1) is 12.5. The number of carbonyl (C=O) groups excluding carboxylic acids is 1. The van der Waals surface area contributed by atoms with Gasteiger partial charge in [0.15, 0.2) is 0 Å². The highest BCUT2D eigenvalue weighted by atomic mass is 16.3. The van der Waals surface area contributed by atoms with Gasteiger partial charge in [-0.3, -0.25) is 9.69 Å². The van der Waals surface area contributed by atoms with E-state index in [1.807, 2.05) is 6.92 Å². The molecular formula is C11H22N2O2. The molecule has 1 saturated carbocycles. The summed E-state index contributed by atoms with van der Waals surface area (Å²) in [6, 6.07) is 0.383. The first-order chi connectivity index (χ1) is 7.07. The number of amides is 1. The molecule has 0 aromatic heterocycles. The van der Waals surface area contributed by atoms with Gasteiger partial charge in [0.05, 0.1) is 12.6 Å². The van der Waals surface area contributed by atoms with Gasteiger partial charge < -0.3 is 10.0 Å². The summed E-state index contributed by atoms with van der Waals surface area (Å²) in [6.45, 7) is 2.66. The van der Waals surface area contributed by atoms with Crippen LogP contribution in [0.15, 0.2) is 0 Å². The molecule has 88 valence electrons. The number of aliphatic hydroxyl groups excluding tert-OH is 1. The maximum Gasteiger partial charge on any atom is 0.239 e. The molecule has 0 spiro atoms. The van der Waals surface area contributed by atoms with Gasteiger partial charge >= 0.3 is 0 Å². The van der Waals surface area contributed by atoms with Crippen molar-refractivity contribution in [1.82, 2.24) is 9.80 Å². The SMILES string of the molecule is CC(C(=O)N(C)C)N(CCO)C1CCC1. The van der Waals surface area contributed by atoms with Gasteiger partial charge in [-0.25, -0.2) is 0 Å². The minimum Gasteiger partial charge on any atom is -0.395 e. The van der Waals surface area contributed by atoms with Crippen molar-refractivity contribution in [3.05, 3.63) is 0 Å². The Morgan fingerprint density at radius 1 is 1.47 bits per heavy atom. The zero-order chi connectivity index (χ0) is 11.4. The second kappa shape index (κ2) is 5.47. The van der Waals surface area contributed by atoms with Gasteiger partial charge in [0.1, 0.15) is 0 Å². The predicted molar refractivity (Wildman–Crippen MR) is 59.6 cm³/mol. The molecule has 0 aliphatic heterocycles. The molecule has 1 rings (SSSR count). The predicted octanol–water partition coefficient (Wildman–Crippen LogP) is 0.310. The van der Waals surface area contributed by atoms with Crippen LogP contribution in [-0.4, -0.2) is 60.1 Å². The molecule has 1 fully saturated rings. The first-order valence-corrected chi connectivity index (χ1v) is 5.65. The molecule has 0 saturated heterocycles. The van der Waals surface area contributed by atoms with E-state index in [0.29, 0.717) is 12.6 Å². The molecule has 0 radical (unpaired) electrons. The zero-order valence-electron chi connectivity index (χ0n) is 9.94. The summed E-state index contributed by atoms with van der Waals surface area (Å²) < 4.78 is 0. The highest BCUT2D eigenvalue weighted by Gasteiger charge is 2.31. The lowest BCUT2D eigenvalue weighted by molar-refractivity contribution is -0.135. The molecule has 1 aliphatic carbocycles. The summed E-state index contributed by atoms with van der Waals surface area (Å²) in [5.74, 6) is 0.121. The van der Waals surface area contributed by atoms with Crippen molar-refractivity contribution in [3.63, 3.8) is 0 Å². The fourth-order valence-electron chi connectivity index (χ4n) is 2.04. The number of likely N-dealkylation sites (N-methyl/N-ethyl adjacent to an activating group) is 1. The lowest BCUT2D eigenvalue weighted by atomic mass is 9.90. The van der Waals surface area contributed by atoms with Crippen LogP contribution in [0.1, 0.15) is 26.2 Å². The van der Waals surface area contributed by atoms with Crippen molar-refractivity contribution in [2.24, 2.45) is 0 Å². The molecule has 1 N–H and O–H groups in total. The van der Waals surface area contributed by atoms with Gasteiger partial charge in [-0.05, 0) is 19.8 Å². The second-order valence-electron chi connectivity index (χ2n) is 4.45. The Labute approximate surface area is 91.9 Å². The van der Waals surface area contributed by atoms with E-state index in [1.165, 1.54) is 6.42 Å². The molecule has 1 amide bonds. The quantitative estimate of drug-likeness (QED) is 0.716. The Hall–Kier alpha value is -0.610. The van der Waals surface area contributed by atoms with Gasteiger partial charge in [0.2, 0.25) is 5.91 Å². The first-order valence-electron chi connectivity index (χ1n) is 5.65. The lowest BCUT2D eigenvalue weighted by Gasteiger charge is -2.41. The van der Waals surface area contributed by atoms with E-state index in [-0.39, 0.29) is 18.6 Å². The fourth-order valence-corrected chi connectivity index (χ4v) is 2.04. The van der Waals surface area contributed by atoms with Crippen LogP contribution < -0.4 is 0 Å². The van der Waals surface area contributed by atoms with Crippen molar-refractivity contribution in [2.75, 3.05) is 27.2 Å². The Balaban J connectivity index is 2.57. The molecular weight excluding hydrogens is 192 g/mol. The molecule has 4 heteroatoms. The topological polar surface area (TPSA) is 43.8 Å². The standard InChI is InChI=1S/C11H22N2O2/c1-9(11(15)12(2)3)13(7-8-14)10-5-4-6-10/h9-10,14H,4-8H2,1-3H3. The van der Waals surface area contributed by atoms with Gasteiger partial charge in [-0.15, -0.1) is 0 Å². The maximum absolute atomic E-state index is 11.8. The smallest absolute Gasteiger partial charge is 0.239 e. The van der Waals surface area contributed by atoms with Gasteiger partial charge in [-0.1, -0.05) is 6.42 Å². The Morgan fingerprint density at radius 3 is 2.40 bits per heavy atom. The van der Waals surface area contributed by atoms with E-state index >= 15 is 0 Å². The summed E-state index contributed by atoms with van der Waals surface area (Å²) in [5.41, 5.74) is 0. The zero-order valence-corrected chi connectivity index (χ0v) is 9.94. The number of nitrogens with zero attached hydrogens (tertiary/aromatic N) is 2. The molecule has 0 heterocycles. The van der Waals surface area contributed by atoms with E-state index < -0.39 is 0 Å². The average molecular weight is 214 g/mol.